The summed E-state index contributed by atoms with van der Waals surface area (Å²) in [5, 5.41) is 15.6. The molecule has 0 aliphatic carbocycles. The van der Waals surface area contributed by atoms with E-state index in [1.807, 2.05) is 22.9 Å². The van der Waals surface area contributed by atoms with Gasteiger partial charge in [-0.1, -0.05) is 12.1 Å². The molecule has 0 amide bonds. The number of nitro groups is 1. The average Bonchev–Trinajstić information content (AvgIpc) is 3.23. The van der Waals surface area contributed by atoms with E-state index >= 15 is 0 Å². The summed E-state index contributed by atoms with van der Waals surface area (Å²) in [5.41, 5.74) is 1.48. The minimum atomic E-state index is -3.94. The summed E-state index contributed by atoms with van der Waals surface area (Å²) in [5.74, 6) is 0. The number of nitro benzene ring substituents is 1. The van der Waals surface area contributed by atoms with Crippen LogP contribution in [-0.4, -0.2) is 63.5 Å². The second-order valence-corrected chi connectivity index (χ2v) is 8.75. The molecule has 11 heteroatoms. The van der Waals surface area contributed by atoms with Crippen molar-refractivity contribution in [3.8, 4) is 11.3 Å². The Morgan fingerprint density at radius 3 is 2.47 bits per heavy atom. The minimum absolute atomic E-state index is 0.248. The second kappa shape index (κ2) is 8.30. The van der Waals surface area contributed by atoms with Gasteiger partial charge in [0.05, 0.1) is 17.3 Å². The van der Waals surface area contributed by atoms with Crippen molar-refractivity contribution in [2.45, 2.75) is 11.6 Å². The number of para-hydroxylation sites is 1. The van der Waals surface area contributed by atoms with Gasteiger partial charge in [-0.15, -0.1) is 0 Å². The molecule has 1 aliphatic rings. The largest absolute Gasteiger partial charge is 0.289 e. The molecule has 0 bridgehead atoms. The van der Waals surface area contributed by atoms with Crippen LogP contribution in [0.5, 0.6) is 0 Å². The molecule has 30 heavy (non-hydrogen) atoms. The topological polar surface area (TPSA) is 114 Å². The third-order valence-corrected chi connectivity index (χ3v) is 6.96. The van der Waals surface area contributed by atoms with Gasteiger partial charge in [0.15, 0.2) is 4.90 Å². The minimum Gasteiger partial charge on any atom is -0.282 e. The molecule has 0 unspecified atom stereocenters. The maximum absolute atomic E-state index is 13.0. The SMILES string of the molecule is O=[N+]([O-])c1ccccc1S(=O)(=O)N1CCN(Cn2nccc2-c2cccnc2)CC1. The lowest BCUT2D eigenvalue weighted by Crippen LogP contribution is -2.49. The quantitative estimate of drug-likeness (QED) is 0.434. The Hall–Kier alpha value is -3.15. The van der Waals surface area contributed by atoms with Crippen molar-refractivity contribution in [1.29, 1.82) is 0 Å². The summed E-state index contributed by atoms with van der Waals surface area (Å²) < 4.78 is 29.1. The third kappa shape index (κ3) is 3.95. The molecule has 2 aromatic heterocycles. The van der Waals surface area contributed by atoms with Crippen LogP contribution in [0.4, 0.5) is 5.69 Å². The predicted octanol–water partition coefficient (Wildman–Crippen LogP) is 1.82. The first-order valence-corrected chi connectivity index (χ1v) is 10.8. The average molecular weight is 428 g/mol. The first kappa shape index (κ1) is 20.1. The number of pyridine rings is 1. The fourth-order valence-corrected chi connectivity index (χ4v) is 5.05. The van der Waals surface area contributed by atoms with Crippen LogP contribution in [0.15, 0.2) is 66.0 Å². The maximum atomic E-state index is 13.0. The Morgan fingerprint density at radius 2 is 1.77 bits per heavy atom. The molecular weight excluding hydrogens is 408 g/mol. The van der Waals surface area contributed by atoms with Crippen LogP contribution in [0.3, 0.4) is 0 Å². The first-order chi connectivity index (χ1) is 14.5. The van der Waals surface area contributed by atoms with Crippen molar-refractivity contribution in [1.82, 2.24) is 24.0 Å². The van der Waals surface area contributed by atoms with Gasteiger partial charge in [-0.2, -0.15) is 9.40 Å². The molecule has 1 aromatic carbocycles. The molecule has 0 atom stereocenters. The van der Waals surface area contributed by atoms with Crippen molar-refractivity contribution < 1.29 is 13.3 Å². The van der Waals surface area contributed by atoms with E-state index in [4.69, 9.17) is 0 Å². The van der Waals surface area contributed by atoms with Gasteiger partial charge in [0, 0.05) is 56.4 Å². The molecule has 10 nitrogen and oxygen atoms in total. The zero-order valence-corrected chi connectivity index (χ0v) is 16.9. The van der Waals surface area contributed by atoms with E-state index in [1.165, 1.54) is 28.6 Å². The standard InChI is InChI=1S/C19H20N6O4S/c26-25(27)18-5-1-2-6-19(18)30(28,29)23-12-10-22(11-13-23)15-24-17(7-9-21-24)16-4-3-8-20-14-16/h1-9,14H,10-13,15H2. The lowest BCUT2D eigenvalue weighted by molar-refractivity contribution is -0.387. The number of rotatable bonds is 6. The van der Waals surface area contributed by atoms with E-state index < -0.39 is 20.6 Å². The first-order valence-electron chi connectivity index (χ1n) is 9.35. The summed E-state index contributed by atoms with van der Waals surface area (Å²) in [6, 6.07) is 11.2. The van der Waals surface area contributed by atoms with Crippen LogP contribution < -0.4 is 0 Å². The fourth-order valence-electron chi connectivity index (χ4n) is 3.47. The molecular formula is C19H20N6O4S. The third-order valence-electron chi connectivity index (χ3n) is 5.02. The molecule has 0 saturated carbocycles. The number of hydrogen-bond acceptors (Lipinski definition) is 7. The van der Waals surface area contributed by atoms with E-state index in [9.17, 15) is 18.5 Å². The molecule has 1 fully saturated rings. The number of sulfonamides is 1. The van der Waals surface area contributed by atoms with E-state index in [2.05, 4.69) is 15.0 Å². The summed E-state index contributed by atoms with van der Waals surface area (Å²) in [4.78, 5) is 16.5. The molecule has 1 saturated heterocycles. The van der Waals surface area contributed by atoms with Gasteiger partial charge in [-0.25, -0.2) is 8.42 Å². The normalized spacial score (nSPS) is 15.9. The monoisotopic (exact) mass is 428 g/mol. The highest BCUT2D eigenvalue weighted by molar-refractivity contribution is 7.89. The molecule has 1 aliphatic heterocycles. The highest BCUT2D eigenvalue weighted by Gasteiger charge is 2.33. The number of benzene rings is 1. The van der Waals surface area contributed by atoms with E-state index in [0.29, 0.717) is 19.8 Å². The number of hydrogen-bond donors (Lipinski definition) is 0. The van der Waals surface area contributed by atoms with Crippen molar-refractivity contribution in [3.05, 3.63) is 71.2 Å². The molecule has 0 spiro atoms. The van der Waals surface area contributed by atoms with Crippen LogP contribution in [0.2, 0.25) is 0 Å². The fraction of sp³-hybridized carbons (Fsp3) is 0.263. The zero-order chi connectivity index (χ0) is 21.1. The maximum Gasteiger partial charge on any atom is 0.289 e. The number of piperazine rings is 1. The van der Waals surface area contributed by atoms with E-state index in [1.54, 1.807) is 18.6 Å². The van der Waals surface area contributed by atoms with Gasteiger partial charge >= 0.3 is 0 Å². The van der Waals surface area contributed by atoms with Crippen molar-refractivity contribution in [3.63, 3.8) is 0 Å². The zero-order valence-electron chi connectivity index (χ0n) is 16.0. The lowest BCUT2D eigenvalue weighted by atomic mass is 10.2. The Kier molecular flexibility index (Phi) is 5.57. The number of nitrogens with zero attached hydrogens (tertiary/aromatic N) is 6. The van der Waals surface area contributed by atoms with Gasteiger partial charge in [-0.3, -0.25) is 24.7 Å². The molecule has 0 radical (unpaired) electrons. The van der Waals surface area contributed by atoms with Crippen molar-refractivity contribution in [2.24, 2.45) is 0 Å². The second-order valence-electron chi connectivity index (χ2n) is 6.85. The van der Waals surface area contributed by atoms with Crippen LogP contribution in [0, 0.1) is 10.1 Å². The van der Waals surface area contributed by atoms with Crippen LogP contribution >= 0.6 is 0 Å². The molecule has 0 N–H and O–H groups in total. The highest BCUT2D eigenvalue weighted by Crippen LogP contribution is 2.27. The van der Waals surface area contributed by atoms with Gasteiger partial charge in [-0.05, 0) is 24.3 Å². The summed E-state index contributed by atoms with van der Waals surface area (Å²) >= 11 is 0. The van der Waals surface area contributed by atoms with Crippen LogP contribution in [0.25, 0.3) is 11.3 Å². The Morgan fingerprint density at radius 1 is 1.00 bits per heavy atom. The summed E-state index contributed by atoms with van der Waals surface area (Å²) in [7, 11) is -3.94. The van der Waals surface area contributed by atoms with Crippen LogP contribution in [0.1, 0.15) is 0 Å². The lowest BCUT2D eigenvalue weighted by Gasteiger charge is -2.33. The number of aromatic nitrogens is 3. The summed E-state index contributed by atoms with van der Waals surface area (Å²) in [6.45, 7) is 1.99. The van der Waals surface area contributed by atoms with E-state index in [-0.39, 0.29) is 18.0 Å². The molecule has 156 valence electrons. The van der Waals surface area contributed by atoms with Gasteiger partial charge in [0.2, 0.25) is 10.0 Å². The van der Waals surface area contributed by atoms with E-state index in [0.717, 1.165) is 11.3 Å². The molecule has 4 rings (SSSR count). The van der Waals surface area contributed by atoms with Crippen molar-refractivity contribution in [2.75, 3.05) is 26.2 Å². The smallest absolute Gasteiger partial charge is 0.282 e. The Balaban J connectivity index is 1.45. The Bertz CT molecular complexity index is 1140. The Labute approximate surface area is 173 Å². The molecule has 3 heterocycles. The molecule has 3 aromatic rings. The van der Waals surface area contributed by atoms with Gasteiger partial charge in [0.25, 0.3) is 5.69 Å². The van der Waals surface area contributed by atoms with Gasteiger partial charge < -0.3 is 0 Å². The van der Waals surface area contributed by atoms with Gasteiger partial charge in [0.1, 0.15) is 0 Å². The predicted molar refractivity (Wildman–Crippen MR) is 109 cm³/mol. The van der Waals surface area contributed by atoms with Crippen molar-refractivity contribution >= 4 is 15.7 Å². The highest BCUT2D eigenvalue weighted by atomic mass is 32.2. The summed E-state index contributed by atoms with van der Waals surface area (Å²) in [6.07, 6.45) is 5.20. The van der Waals surface area contributed by atoms with Crippen LogP contribution in [-0.2, 0) is 16.7 Å².